The molecule has 0 saturated heterocycles. The maximum Gasteiger partial charge on any atom is 0.189 e. The molecule has 0 radical (unpaired) electrons. The Kier molecular flexibility index (Phi) is 3.99. The van der Waals surface area contributed by atoms with Crippen molar-refractivity contribution in [3.63, 3.8) is 0 Å². The van der Waals surface area contributed by atoms with Gasteiger partial charge < -0.3 is 9.47 Å². The highest BCUT2D eigenvalue weighted by atomic mass is 79.9. The van der Waals surface area contributed by atoms with Crippen LogP contribution in [0.4, 0.5) is 0 Å². The number of hydrogen-bond acceptors (Lipinski definition) is 3. The van der Waals surface area contributed by atoms with Gasteiger partial charge >= 0.3 is 0 Å². The fraction of sp³-hybridized carbons (Fsp3) is 0.133. The van der Waals surface area contributed by atoms with Gasteiger partial charge in [-0.05, 0) is 33.6 Å². The second-order valence-corrected chi connectivity index (χ2v) is 5.05. The number of hydrogen-bond donors (Lipinski definition) is 0. The Bertz CT molecular complexity index is 697. The van der Waals surface area contributed by atoms with Crippen molar-refractivity contribution in [1.82, 2.24) is 9.38 Å². The summed E-state index contributed by atoms with van der Waals surface area (Å²) in [6.45, 7) is 0.723. The molecule has 102 valence electrons. The van der Waals surface area contributed by atoms with Crippen LogP contribution < -0.4 is 4.74 Å². The average molecular weight is 333 g/mol. The van der Waals surface area contributed by atoms with Gasteiger partial charge in [-0.3, -0.25) is 4.40 Å². The van der Waals surface area contributed by atoms with E-state index in [0.717, 1.165) is 15.8 Å². The summed E-state index contributed by atoms with van der Waals surface area (Å²) < 4.78 is 14.0. The quantitative estimate of drug-likeness (QED) is 0.406. The van der Waals surface area contributed by atoms with E-state index >= 15 is 0 Å². The predicted octanol–water partition coefficient (Wildman–Crippen LogP) is 3.65. The SMILES string of the molecule is Brc1ccc(OCOCc2ccccc2)c2nccn12. The summed E-state index contributed by atoms with van der Waals surface area (Å²) in [7, 11) is 0. The van der Waals surface area contributed by atoms with Gasteiger partial charge in [-0.2, -0.15) is 0 Å². The van der Waals surface area contributed by atoms with Gasteiger partial charge in [-0.15, -0.1) is 0 Å². The fourth-order valence-corrected chi connectivity index (χ4v) is 2.33. The number of aromatic nitrogens is 2. The molecule has 2 aromatic heterocycles. The molecule has 0 saturated carbocycles. The van der Waals surface area contributed by atoms with Crippen molar-refractivity contribution in [3.8, 4) is 5.75 Å². The van der Waals surface area contributed by atoms with Crippen LogP contribution in [0.1, 0.15) is 5.56 Å². The van der Waals surface area contributed by atoms with E-state index in [4.69, 9.17) is 9.47 Å². The van der Waals surface area contributed by atoms with E-state index in [-0.39, 0.29) is 6.79 Å². The minimum absolute atomic E-state index is 0.193. The highest BCUT2D eigenvalue weighted by Crippen LogP contribution is 2.22. The average Bonchev–Trinajstić information content (AvgIpc) is 2.97. The molecule has 0 atom stereocenters. The lowest BCUT2D eigenvalue weighted by molar-refractivity contribution is 0.00558. The number of benzene rings is 1. The first-order valence-electron chi connectivity index (χ1n) is 6.20. The Hall–Kier alpha value is -1.85. The molecular formula is C15H13BrN2O2. The third-order valence-electron chi connectivity index (χ3n) is 2.87. The van der Waals surface area contributed by atoms with Gasteiger partial charge in [0.15, 0.2) is 18.2 Å². The van der Waals surface area contributed by atoms with Crippen molar-refractivity contribution in [2.75, 3.05) is 6.79 Å². The standard InChI is InChI=1S/C15H13BrN2O2/c16-14-7-6-13(15-17-8-9-18(14)15)20-11-19-10-12-4-2-1-3-5-12/h1-9H,10-11H2. The number of fused-ring (bicyclic) bond motifs is 1. The summed E-state index contributed by atoms with van der Waals surface area (Å²) in [4.78, 5) is 4.27. The molecule has 0 fully saturated rings. The number of pyridine rings is 1. The summed E-state index contributed by atoms with van der Waals surface area (Å²) >= 11 is 3.46. The molecule has 0 aliphatic heterocycles. The summed E-state index contributed by atoms with van der Waals surface area (Å²) in [6.07, 6.45) is 3.61. The van der Waals surface area contributed by atoms with E-state index in [9.17, 15) is 0 Å². The van der Waals surface area contributed by atoms with Gasteiger partial charge in [0.1, 0.15) is 0 Å². The Labute approximate surface area is 125 Å². The molecule has 20 heavy (non-hydrogen) atoms. The van der Waals surface area contributed by atoms with Crippen LogP contribution in [-0.4, -0.2) is 16.2 Å². The van der Waals surface area contributed by atoms with Crippen LogP contribution in [0.15, 0.2) is 59.5 Å². The second kappa shape index (κ2) is 6.07. The number of ether oxygens (including phenoxy) is 2. The van der Waals surface area contributed by atoms with Crippen LogP contribution in [0, 0.1) is 0 Å². The van der Waals surface area contributed by atoms with Crippen LogP contribution in [0.2, 0.25) is 0 Å². The molecule has 2 heterocycles. The molecular weight excluding hydrogens is 320 g/mol. The van der Waals surface area contributed by atoms with E-state index < -0.39 is 0 Å². The van der Waals surface area contributed by atoms with E-state index in [1.807, 2.05) is 53.1 Å². The normalized spacial score (nSPS) is 10.8. The number of rotatable bonds is 5. The maximum absolute atomic E-state index is 5.63. The molecule has 0 aliphatic carbocycles. The van der Waals surface area contributed by atoms with Gasteiger partial charge in [0.05, 0.1) is 11.2 Å². The van der Waals surface area contributed by atoms with E-state index in [1.54, 1.807) is 6.20 Å². The molecule has 0 unspecified atom stereocenters. The lowest BCUT2D eigenvalue weighted by Crippen LogP contribution is -2.04. The van der Waals surface area contributed by atoms with Crippen LogP contribution in [-0.2, 0) is 11.3 Å². The van der Waals surface area contributed by atoms with Crippen LogP contribution in [0.25, 0.3) is 5.65 Å². The largest absolute Gasteiger partial charge is 0.464 e. The summed E-state index contributed by atoms with van der Waals surface area (Å²) in [5, 5.41) is 0. The Morgan fingerprint density at radius 1 is 1.10 bits per heavy atom. The van der Waals surface area contributed by atoms with Crippen molar-refractivity contribution < 1.29 is 9.47 Å². The zero-order chi connectivity index (χ0) is 13.8. The number of halogens is 1. The first kappa shape index (κ1) is 13.1. The summed E-state index contributed by atoms with van der Waals surface area (Å²) in [6, 6.07) is 13.8. The van der Waals surface area contributed by atoms with Crippen LogP contribution >= 0.6 is 15.9 Å². The molecule has 5 heteroatoms. The van der Waals surface area contributed by atoms with Crippen molar-refractivity contribution >= 4 is 21.6 Å². The van der Waals surface area contributed by atoms with Gasteiger partial charge in [0.25, 0.3) is 0 Å². The number of imidazole rings is 1. The van der Waals surface area contributed by atoms with Gasteiger partial charge in [-0.1, -0.05) is 30.3 Å². The van der Waals surface area contributed by atoms with E-state index in [1.165, 1.54) is 0 Å². The third kappa shape index (κ3) is 2.84. The van der Waals surface area contributed by atoms with E-state index in [2.05, 4.69) is 20.9 Å². The highest BCUT2D eigenvalue weighted by molar-refractivity contribution is 9.10. The maximum atomic E-state index is 5.63. The molecule has 0 aliphatic rings. The molecule has 0 amide bonds. The van der Waals surface area contributed by atoms with Crippen molar-refractivity contribution in [3.05, 3.63) is 65.0 Å². The van der Waals surface area contributed by atoms with E-state index in [0.29, 0.717) is 12.4 Å². The zero-order valence-corrected chi connectivity index (χ0v) is 12.3. The molecule has 0 spiro atoms. The second-order valence-electron chi connectivity index (χ2n) is 4.24. The zero-order valence-electron chi connectivity index (χ0n) is 10.7. The molecule has 0 N–H and O–H groups in total. The minimum Gasteiger partial charge on any atom is -0.464 e. The molecule has 1 aromatic carbocycles. The number of nitrogens with zero attached hydrogens (tertiary/aromatic N) is 2. The van der Waals surface area contributed by atoms with Crippen molar-refractivity contribution in [2.24, 2.45) is 0 Å². The van der Waals surface area contributed by atoms with Gasteiger partial charge in [-0.25, -0.2) is 4.98 Å². The van der Waals surface area contributed by atoms with Crippen molar-refractivity contribution in [2.45, 2.75) is 6.61 Å². The molecule has 0 bridgehead atoms. The van der Waals surface area contributed by atoms with Gasteiger partial charge in [0, 0.05) is 12.4 Å². The summed E-state index contributed by atoms with van der Waals surface area (Å²) in [5.41, 5.74) is 1.89. The summed E-state index contributed by atoms with van der Waals surface area (Å²) in [5.74, 6) is 0.700. The molecule has 3 rings (SSSR count). The minimum atomic E-state index is 0.193. The lowest BCUT2D eigenvalue weighted by atomic mass is 10.2. The van der Waals surface area contributed by atoms with Crippen LogP contribution in [0.3, 0.4) is 0 Å². The topological polar surface area (TPSA) is 35.8 Å². The first-order chi connectivity index (χ1) is 9.84. The Morgan fingerprint density at radius 2 is 1.95 bits per heavy atom. The monoisotopic (exact) mass is 332 g/mol. The molecule has 4 nitrogen and oxygen atoms in total. The van der Waals surface area contributed by atoms with Gasteiger partial charge in [0.2, 0.25) is 0 Å². The smallest absolute Gasteiger partial charge is 0.189 e. The fourth-order valence-electron chi connectivity index (χ4n) is 1.91. The lowest BCUT2D eigenvalue weighted by Gasteiger charge is -2.09. The Balaban J connectivity index is 1.60. The Morgan fingerprint density at radius 3 is 2.80 bits per heavy atom. The van der Waals surface area contributed by atoms with Crippen LogP contribution in [0.5, 0.6) is 5.75 Å². The first-order valence-corrected chi connectivity index (χ1v) is 7.00. The highest BCUT2D eigenvalue weighted by Gasteiger charge is 2.06. The molecule has 3 aromatic rings. The third-order valence-corrected chi connectivity index (χ3v) is 3.52. The van der Waals surface area contributed by atoms with Crippen molar-refractivity contribution in [1.29, 1.82) is 0 Å². The predicted molar refractivity (Wildman–Crippen MR) is 79.6 cm³/mol.